The van der Waals surface area contributed by atoms with Crippen molar-refractivity contribution in [2.75, 3.05) is 11.9 Å². The van der Waals surface area contributed by atoms with Crippen LogP contribution in [0.1, 0.15) is 19.6 Å². The molecule has 0 spiro atoms. The number of hydrogen-bond donors (Lipinski definition) is 1. The van der Waals surface area contributed by atoms with Crippen LogP contribution < -0.4 is 10.1 Å². The van der Waals surface area contributed by atoms with Crippen molar-refractivity contribution >= 4 is 5.69 Å². The molecular formula is C15H19NO2. The number of benzene rings is 1. The number of rotatable bonds is 6. The van der Waals surface area contributed by atoms with E-state index in [0.717, 1.165) is 23.8 Å². The first-order valence-electron chi connectivity index (χ1n) is 6.23. The summed E-state index contributed by atoms with van der Waals surface area (Å²) >= 11 is 0. The van der Waals surface area contributed by atoms with Gasteiger partial charge in [-0.25, -0.2) is 0 Å². The number of nitrogens with one attached hydrogen (secondary N) is 1. The summed E-state index contributed by atoms with van der Waals surface area (Å²) in [5.41, 5.74) is 1.06. The maximum Gasteiger partial charge on any atom is 0.122 e. The van der Waals surface area contributed by atoms with E-state index >= 15 is 0 Å². The number of anilines is 1. The molecule has 0 aliphatic rings. The molecule has 1 aromatic heterocycles. The predicted molar refractivity (Wildman–Crippen MR) is 72.8 cm³/mol. The first kappa shape index (κ1) is 12.6. The highest BCUT2D eigenvalue weighted by Crippen LogP contribution is 2.17. The lowest BCUT2D eigenvalue weighted by Crippen LogP contribution is -2.04. The van der Waals surface area contributed by atoms with Crippen molar-refractivity contribution in [2.24, 2.45) is 5.92 Å². The Morgan fingerprint density at radius 3 is 2.56 bits per heavy atom. The molecule has 1 aromatic carbocycles. The van der Waals surface area contributed by atoms with Crippen molar-refractivity contribution in [1.29, 1.82) is 0 Å². The van der Waals surface area contributed by atoms with E-state index in [1.54, 1.807) is 6.26 Å². The van der Waals surface area contributed by atoms with Gasteiger partial charge in [0.1, 0.15) is 11.5 Å². The second kappa shape index (κ2) is 6.15. The summed E-state index contributed by atoms with van der Waals surface area (Å²) in [5, 5.41) is 3.29. The van der Waals surface area contributed by atoms with Crippen molar-refractivity contribution in [2.45, 2.75) is 20.4 Å². The van der Waals surface area contributed by atoms with Gasteiger partial charge in [0.15, 0.2) is 0 Å². The van der Waals surface area contributed by atoms with E-state index in [2.05, 4.69) is 19.2 Å². The number of hydrogen-bond acceptors (Lipinski definition) is 3. The Kier molecular flexibility index (Phi) is 4.29. The molecule has 3 heteroatoms. The molecule has 0 fully saturated rings. The molecule has 2 aromatic rings. The molecule has 18 heavy (non-hydrogen) atoms. The molecule has 0 saturated heterocycles. The zero-order valence-electron chi connectivity index (χ0n) is 10.8. The van der Waals surface area contributed by atoms with E-state index in [-0.39, 0.29) is 0 Å². The van der Waals surface area contributed by atoms with Crippen LogP contribution in [0.4, 0.5) is 5.69 Å². The summed E-state index contributed by atoms with van der Waals surface area (Å²) in [6.45, 7) is 5.72. The van der Waals surface area contributed by atoms with Crippen LogP contribution in [0.25, 0.3) is 0 Å². The average Bonchev–Trinajstić information content (AvgIpc) is 2.88. The third-order valence-electron chi connectivity index (χ3n) is 2.48. The molecule has 3 nitrogen and oxygen atoms in total. The fraction of sp³-hybridized carbons (Fsp3) is 0.333. The first-order chi connectivity index (χ1) is 8.74. The van der Waals surface area contributed by atoms with Crippen LogP contribution in [0.5, 0.6) is 5.75 Å². The van der Waals surface area contributed by atoms with E-state index < -0.39 is 0 Å². The van der Waals surface area contributed by atoms with Gasteiger partial charge in [-0.15, -0.1) is 0 Å². The van der Waals surface area contributed by atoms with Gasteiger partial charge in [-0.2, -0.15) is 0 Å². The van der Waals surface area contributed by atoms with E-state index in [1.165, 1.54) is 0 Å². The van der Waals surface area contributed by atoms with Crippen molar-refractivity contribution in [1.82, 2.24) is 0 Å². The molecule has 0 aliphatic heterocycles. The second-order valence-corrected chi connectivity index (χ2v) is 4.66. The van der Waals surface area contributed by atoms with Crippen molar-refractivity contribution in [3.63, 3.8) is 0 Å². The van der Waals surface area contributed by atoms with Crippen molar-refractivity contribution in [3.8, 4) is 5.75 Å². The normalized spacial score (nSPS) is 10.6. The third-order valence-corrected chi connectivity index (χ3v) is 2.48. The standard InChI is InChI=1S/C15H19NO2/c1-12(2)11-18-14-7-5-13(6-8-14)16-10-15-4-3-9-17-15/h3-9,12,16H,10-11H2,1-2H3. The molecule has 0 amide bonds. The number of ether oxygens (including phenoxy) is 1. The zero-order chi connectivity index (χ0) is 12.8. The predicted octanol–water partition coefficient (Wildman–Crippen LogP) is 3.93. The van der Waals surface area contributed by atoms with Crippen LogP contribution in [-0.4, -0.2) is 6.61 Å². The molecule has 0 unspecified atom stereocenters. The van der Waals surface area contributed by atoms with Gasteiger partial charge < -0.3 is 14.5 Å². The summed E-state index contributed by atoms with van der Waals surface area (Å²) in [5.74, 6) is 2.38. The van der Waals surface area contributed by atoms with Crippen LogP contribution in [0, 0.1) is 5.92 Å². The van der Waals surface area contributed by atoms with Crippen molar-refractivity contribution in [3.05, 3.63) is 48.4 Å². The second-order valence-electron chi connectivity index (χ2n) is 4.66. The van der Waals surface area contributed by atoms with Gasteiger partial charge in [-0.05, 0) is 42.3 Å². The van der Waals surface area contributed by atoms with Crippen LogP contribution in [-0.2, 0) is 6.54 Å². The maximum atomic E-state index is 5.63. The smallest absolute Gasteiger partial charge is 0.122 e. The summed E-state index contributed by atoms with van der Waals surface area (Å²) < 4.78 is 10.9. The summed E-state index contributed by atoms with van der Waals surface area (Å²) in [6, 6.07) is 11.8. The van der Waals surface area contributed by atoms with Gasteiger partial charge in [0.2, 0.25) is 0 Å². The van der Waals surface area contributed by atoms with E-state index in [0.29, 0.717) is 12.5 Å². The quantitative estimate of drug-likeness (QED) is 0.837. The summed E-state index contributed by atoms with van der Waals surface area (Å²) in [7, 11) is 0. The molecule has 2 rings (SSSR count). The maximum absolute atomic E-state index is 5.63. The van der Waals surface area contributed by atoms with E-state index in [9.17, 15) is 0 Å². The van der Waals surface area contributed by atoms with Crippen molar-refractivity contribution < 1.29 is 9.15 Å². The Hall–Kier alpha value is -1.90. The average molecular weight is 245 g/mol. The minimum Gasteiger partial charge on any atom is -0.493 e. The Labute approximate surface area is 108 Å². The third kappa shape index (κ3) is 3.84. The Morgan fingerprint density at radius 2 is 1.94 bits per heavy atom. The van der Waals surface area contributed by atoms with E-state index in [4.69, 9.17) is 9.15 Å². The molecule has 0 saturated carbocycles. The fourth-order valence-electron chi connectivity index (χ4n) is 1.53. The minimum absolute atomic E-state index is 0.543. The first-order valence-corrected chi connectivity index (χ1v) is 6.23. The lowest BCUT2D eigenvalue weighted by Gasteiger charge is -2.09. The lowest BCUT2D eigenvalue weighted by atomic mass is 10.2. The van der Waals surface area contributed by atoms with Gasteiger partial charge in [-0.3, -0.25) is 0 Å². The summed E-state index contributed by atoms with van der Waals surface area (Å²) in [6.07, 6.45) is 1.68. The zero-order valence-corrected chi connectivity index (χ0v) is 10.8. The van der Waals surface area contributed by atoms with Gasteiger partial charge in [0.25, 0.3) is 0 Å². The Balaban J connectivity index is 1.83. The molecular weight excluding hydrogens is 226 g/mol. The summed E-state index contributed by atoms with van der Waals surface area (Å²) in [4.78, 5) is 0. The van der Waals surface area contributed by atoms with Gasteiger partial charge >= 0.3 is 0 Å². The van der Waals surface area contributed by atoms with Gasteiger partial charge in [0.05, 0.1) is 19.4 Å². The van der Waals surface area contributed by atoms with Crippen LogP contribution in [0.3, 0.4) is 0 Å². The lowest BCUT2D eigenvalue weighted by molar-refractivity contribution is 0.271. The van der Waals surface area contributed by atoms with Gasteiger partial charge in [-0.1, -0.05) is 13.8 Å². The molecule has 0 radical (unpaired) electrons. The molecule has 0 aliphatic carbocycles. The minimum atomic E-state index is 0.543. The Bertz CT molecular complexity index is 446. The molecule has 0 atom stereocenters. The van der Waals surface area contributed by atoms with E-state index in [1.807, 2.05) is 36.4 Å². The van der Waals surface area contributed by atoms with Crippen LogP contribution in [0.2, 0.25) is 0 Å². The highest BCUT2D eigenvalue weighted by atomic mass is 16.5. The van der Waals surface area contributed by atoms with Gasteiger partial charge in [0, 0.05) is 5.69 Å². The largest absolute Gasteiger partial charge is 0.493 e. The Morgan fingerprint density at radius 1 is 1.17 bits per heavy atom. The highest BCUT2D eigenvalue weighted by Gasteiger charge is 1.99. The highest BCUT2D eigenvalue weighted by molar-refractivity contribution is 5.46. The molecule has 0 bridgehead atoms. The molecule has 96 valence electrons. The monoisotopic (exact) mass is 245 g/mol. The number of furan rings is 1. The molecule has 1 heterocycles. The topological polar surface area (TPSA) is 34.4 Å². The SMILES string of the molecule is CC(C)COc1ccc(NCc2ccco2)cc1. The van der Waals surface area contributed by atoms with Crippen LogP contribution >= 0.6 is 0 Å². The van der Waals surface area contributed by atoms with Crippen LogP contribution in [0.15, 0.2) is 47.1 Å². The molecule has 1 N–H and O–H groups in total. The fourth-order valence-corrected chi connectivity index (χ4v) is 1.53.